The third-order valence-corrected chi connectivity index (χ3v) is 5.32. The van der Waals surface area contributed by atoms with E-state index in [0.29, 0.717) is 12.5 Å². The van der Waals surface area contributed by atoms with Crippen LogP contribution >= 0.6 is 0 Å². The van der Waals surface area contributed by atoms with E-state index in [1.54, 1.807) is 6.08 Å². The van der Waals surface area contributed by atoms with Crippen LogP contribution in [0.5, 0.6) is 0 Å². The number of methoxy groups -OCH3 is 1. The number of hydrogen-bond donors (Lipinski definition) is 1. The highest BCUT2D eigenvalue weighted by atomic mass is 16.5. The molecule has 1 aromatic heterocycles. The Hall–Kier alpha value is -2.11. The van der Waals surface area contributed by atoms with E-state index in [9.17, 15) is 9.59 Å². The summed E-state index contributed by atoms with van der Waals surface area (Å²) in [5, 5.41) is 2.87. The van der Waals surface area contributed by atoms with Gasteiger partial charge in [0.05, 0.1) is 7.11 Å². The fourth-order valence-electron chi connectivity index (χ4n) is 3.93. The average Bonchev–Trinajstić information content (AvgIpc) is 3.08. The largest absolute Gasteiger partial charge is 0.466 e. The number of carbonyl (C=O) groups is 2. The van der Waals surface area contributed by atoms with E-state index in [0.717, 1.165) is 19.4 Å². The summed E-state index contributed by atoms with van der Waals surface area (Å²) in [6.07, 6.45) is 12.9. The van der Waals surface area contributed by atoms with Gasteiger partial charge in [0.15, 0.2) is 0 Å². The van der Waals surface area contributed by atoms with Crippen molar-refractivity contribution in [2.45, 2.75) is 57.4 Å². The first-order chi connectivity index (χ1) is 12.2. The Kier molecular flexibility index (Phi) is 5.89. The summed E-state index contributed by atoms with van der Waals surface area (Å²) in [5.41, 5.74) is 1.18. The Morgan fingerprint density at radius 3 is 2.88 bits per heavy atom. The van der Waals surface area contributed by atoms with Crippen LogP contribution in [0.1, 0.15) is 56.0 Å². The first kappa shape index (κ1) is 17.7. The Balaban J connectivity index is 1.54. The molecule has 1 unspecified atom stereocenters. The summed E-state index contributed by atoms with van der Waals surface area (Å²) in [4.78, 5) is 28.0. The van der Waals surface area contributed by atoms with Crippen LogP contribution in [0, 0.1) is 5.92 Å². The minimum absolute atomic E-state index is 0.0186. The average molecular weight is 345 g/mol. The highest BCUT2D eigenvalue weighted by Gasteiger charge is 2.29. The summed E-state index contributed by atoms with van der Waals surface area (Å²) in [6, 6.07) is 0. The molecule has 1 aliphatic carbocycles. The lowest BCUT2D eigenvalue weighted by atomic mass is 9.88. The first-order valence-corrected chi connectivity index (χ1v) is 9.25. The smallest absolute Gasteiger partial charge is 0.330 e. The Bertz CT molecular complexity index is 644. The van der Waals surface area contributed by atoms with Gasteiger partial charge in [-0.25, -0.2) is 9.78 Å². The van der Waals surface area contributed by atoms with E-state index in [1.165, 1.54) is 56.8 Å². The molecule has 0 spiro atoms. The molecule has 1 aromatic rings. The van der Waals surface area contributed by atoms with Gasteiger partial charge in [0.2, 0.25) is 5.91 Å². The van der Waals surface area contributed by atoms with Crippen molar-refractivity contribution in [3.8, 4) is 0 Å². The molecule has 1 amide bonds. The lowest BCUT2D eigenvalue weighted by Gasteiger charge is -2.27. The lowest BCUT2D eigenvalue weighted by Crippen LogP contribution is -2.35. The van der Waals surface area contributed by atoms with Gasteiger partial charge in [-0.1, -0.05) is 25.3 Å². The Morgan fingerprint density at radius 2 is 2.12 bits per heavy atom. The van der Waals surface area contributed by atoms with Crippen LogP contribution in [0.2, 0.25) is 0 Å². The van der Waals surface area contributed by atoms with Crippen molar-refractivity contribution in [1.29, 1.82) is 0 Å². The predicted octanol–water partition coefficient (Wildman–Crippen LogP) is 2.34. The van der Waals surface area contributed by atoms with E-state index in [4.69, 9.17) is 0 Å². The van der Waals surface area contributed by atoms with Gasteiger partial charge in [0.25, 0.3) is 0 Å². The number of rotatable bonds is 5. The van der Waals surface area contributed by atoms with Gasteiger partial charge in [-0.2, -0.15) is 0 Å². The van der Waals surface area contributed by atoms with Crippen LogP contribution in [0.3, 0.4) is 0 Å². The molecule has 1 atom stereocenters. The maximum Gasteiger partial charge on any atom is 0.330 e. The zero-order valence-corrected chi connectivity index (χ0v) is 14.9. The van der Waals surface area contributed by atoms with Crippen molar-refractivity contribution < 1.29 is 14.3 Å². The van der Waals surface area contributed by atoms with E-state index < -0.39 is 5.97 Å². The quantitative estimate of drug-likeness (QED) is 0.657. The van der Waals surface area contributed by atoms with Crippen molar-refractivity contribution in [2.24, 2.45) is 5.92 Å². The molecule has 25 heavy (non-hydrogen) atoms. The molecule has 0 saturated heterocycles. The molecule has 6 nitrogen and oxygen atoms in total. The maximum atomic E-state index is 12.3. The second-order valence-corrected chi connectivity index (χ2v) is 6.95. The molecule has 2 heterocycles. The van der Waals surface area contributed by atoms with Crippen LogP contribution < -0.4 is 5.32 Å². The number of nitrogens with zero attached hydrogens (tertiary/aromatic N) is 2. The highest BCUT2D eigenvalue weighted by molar-refractivity contribution is 5.82. The van der Waals surface area contributed by atoms with Gasteiger partial charge in [-0.15, -0.1) is 0 Å². The molecule has 0 aromatic carbocycles. The van der Waals surface area contributed by atoms with Crippen molar-refractivity contribution in [3.63, 3.8) is 0 Å². The van der Waals surface area contributed by atoms with Crippen LogP contribution in [0.15, 0.2) is 18.3 Å². The highest BCUT2D eigenvalue weighted by Crippen LogP contribution is 2.34. The molecule has 0 radical (unpaired) electrons. The predicted molar refractivity (Wildman–Crippen MR) is 94.0 cm³/mol. The third kappa shape index (κ3) is 4.30. The summed E-state index contributed by atoms with van der Waals surface area (Å²) in [7, 11) is 1.33. The second kappa shape index (κ2) is 8.32. The zero-order valence-electron chi connectivity index (χ0n) is 14.9. The SMILES string of the molecule is COC(=O)/C=C/CNC(=O)C1CCn2c(cnc2C2CCCCC2)C1. The summed E-state index contributed by atoms with van der Waals surface area (Å²) in [6.45, 7) is 1.22. The van der Waals surface area contributed by atoms with Gasteiger partial charge in [-0.05, 0) is 19.3 Å². The summed E-state index contributed by atoms with van der Waals surface area (Å²) < 4.78 is 6.86. The number of nitrogens with one attached hydrogen (secondary N) is 1. The number of carbonyl (C=O) groups excluding carboxylic acids is 2. The number of fused-ring (bicyclic) bond motifs is 1. The maximum absolute atomic E-state index is 12.3. The van der Waals surface area contributed by atoms with E-state index in [2.05, 4.69) is 19.6 Å². The normalized spacial score (nSPS) is 21.1. The topological polar surface area (TPSA) is 73.2 Å². The van der Waals surface area contributed by atoms with Gasteiger partial charge in [-0.3, -0.25) is 4.79 Å². The number of hydrogen-bond acceptors (Lipinski definition) is 4. The van der Waals surface area contributed by atoms with E-state index in [1.807, 2.05) is 6.20 Å². The fourth-order valence-corrected chi connectivity index (χ4v) is 3.93. The van der Waals surface area contributed by atoms with E-state index >= 15 is 0 Å². The minimum atomic E-state index is -0.411. The van der Waals surface area contributed by atoms with Gasteiger partial charge >= 0.3 is 5.97 Å². The third-order valence-electron chi connectivity index (χ3n) is 5.32. The summed E-state index contributed by atoms with van der Waals surface area (Å²) >= 11 is 0. The van der Waals surface area contributed by atoms with E-state index in [-0.39, 0.29) is 11.8 Å². The summed E-state index contributed by atoms with van der Waals surface area (Å²) in [5.74, 6) is 1.44. The molecule has 1 aliphatic heterocycles. The number of ether oxygens (including phenoxy) is 1. The Morgan fingerprint density at radius 1 is 1.32 bits per heavy atom. The molecule has 136 valence electrons. The van der Waals surface area contributed by atoms with Gasteiger partial charge in [0.1, 0.15) is 5.82 Å². The van der Waals surface area contributed by atoms with Crippen LogP contribution in [0.4, 0.5) is 0 Å². The van der Waals surface area contributed by atoms with Crippen LogP contribution in [0.25, 0.3) is 0 Å². The zero-order chi connectivity index (χ0) is 17.6. The molecular weight excluding hydrogens is 318 g/mol. The first-order valence-electron chi connectivity index (χ1n) is 9.25. The molecule has 2 aliphatic rings. The van der Waals surface area contributed by atoms with Gasteiger partial charge < -0.3 is 14.6 Å². The molecule has 1 saturated carbocycles. The monoisotopic (exact) mass is 345 g/mol. The number of esters is 1. The standard InChI is InChI=1S/C19H27N3O3/c1-25-17(23)8-5-10-20-19(24)15-9-11-22-16(12-15)13-21-18(22)14-6-3-2-4-7-14/h5,8,13-15H,2-4,6-7,9-12H2,1H3,(H,20,24)/b8-5+. The number of amides is 1. The second-order valence-electron chi connectivity index (χ2n) is 6.95. The Labute approximate surface area is 148 Å². The van der Waals surface area contributed by atoms with Gasteiger partial charge in [0, 0.05) is 49.3 Å². The van der Waals surface area contributed by atoms with Crippen LogP contribution in [-0.4, -0.2) is 35.1 Å². The lowest BCUT2D eigenvalue weighted by molar-refractivity contribution is -0.135. The minimum Gasteiger partial charge on any atom is -0.466 e. The van der Waals surface area contributed by atoms with Crippen molar-refractivity contribution in [3.05, 3.63) is 29.9 Å². The number of aromatic nitrogens is 2. The fraction of sp³-hybridized carbons (Fsp3) is 0.632. The van der Waals surface area contributed by atoms with Crippen molar-refractivity contribution in [2.75, 3.05) is 13.7 Å². The molecule has 1 N–H and O–H groups in total. The van der Waals surface area contributed by atoms with Crippen LogP contribution in [-0.2, 0) is 27.3 Å². The number of imidazole rings is 1. The molecule has 3 rings (SSSR count). The van der Waals surface area contributed by atoms with Crippen molar-refractivity contribution in [1.82, 2.24) is 14.9 Å². The molecular formula is C19H27N3O3. The van der Waals surface area contributed by atoms with Crippen molar-refractivity contribution >= 4 is 11.9 Å². The molecule has 6 heteroatoms. The molecule has 0 bridgehead atoms. The molecule has 1 fully saturated rings.